The number of benzene rings is 1. The molecule has 0 saturated carbocycles. The van der Waals surface area contributed by atoms with Crippen molar-refractivity contribution in [2.24, 2.45) is 0 Å². The number of sulfonamides is 1. The number of rotatable bonds is 8. The highest BCUT2D eigenvalue weighted by Crippen LogP contribution is 2.24. The van der Waals surface area contributed by atoms with Crippen LogP contribution >= 0.6 is 11.6 Å². The van der Waals surface area contributed by atoms with Crippen molar-refractivity contribution < 1.29 is 17.2 Å². The van der Waals surface area contributed by atoms with Crippen molar-refractivity contribution in [1.82, 2.24) is 10.0 Å². The molecule has 0 radical (unpaired) electrons. The highest BCUT2D eigenvalue weighted by molar-refractivity contribution is 7.89. The molecule has 0 aromatic heterocycles. The van der Waals surface area contributed by atoms with Gasteiger partial charge in [-0.05, 0) is 43.1 Å². The van der Waals surface area contributed by atoms with E-state index in [9.17, 15) is 17.2 Å². The molecule has 0 fully saturated rings. The molecule has 8 heteroatoms. The van der Waals surface area contributed by atoms with Crippen LogP contribution in [0.4, 0.5) is 8.78 Å². The quantitative estimate of drug-likeness (QED) is 0.715. The fraction of sp³-hybridized carbons (Fsp3) is 0.538. The van der Waals surface area contributed by atoms with Gasteiger partial charge in [0.1, 0.15) is 0 Å². The lowest BCUT2D eigenvalue weighted by Gasteiger charge is -2.14. The number of alkyl halides is 2. The van der Waals surface area contributed by atoms with Gasteiger partial charge in [-0.15, -0.1) is 0 Å². The van der Waals surface area contributed by atoms with E-state index in [0.717, 1.165) is 18.5 Å². The molecule has 0 spiro atoms. The second-order valence-electron chi connectivity index (χ2n) is 4.61. The van der Waals surface area contributed by atoms with Gasteiger partial charge >= 0.3 is 0 Å². The maximum atomic E-state index is 12.2. The van der Waals surface area contributed by atoms with E-state index in [4.69, 9.17) is 11.6 Å². The van der Waals surface area contributed by atoms with E-state index >= 15 is 0 Å². The van der Waals surface area contributed by atoms with Gasteiger partial charge in [0.05, 0.1) is 11.4 Å². The lowest BCUT2D eigenvalue weighted by atomic mass is 10.1. The Balaban J connectivity index is 3.06. The Morgan fingerprint density at radius 3 is 2.57 bits per heavy atom. The van der Waals surface area contributed by atoms with E-state index in [1.54, 1.807) is 13.0 Å². The minimum Gasteiger partial charge on any atom is -0.313 e. The Labute approximate surface area is 128 Å². The van der Waals surface area contributed by atoms with Gasteiger partial charge < -0.3 is 5.32 Å². The first kappa shape index (κ1) is 18.3. The van der Waals surface area contributed by atoms with Gasteiger partial charge in [-0.25, -0.2) is 21.9 Å². The molecule has 0 heterocycles. The second-order valence-corrected chi connectivity index (χ2v) is 6.78. The SMILES string of the molecule is CCCNCc1cc(Cl)cc(S(=O)(=O)NCC(F)F)c1C. The first-order chi connectivity index (χ1) is 9.77. The third-order valence-corrected chi connectivity index (χ3v) is 4.66. The van der Waals surface area contributed by atoms with Gasteiger partial charge in [-0.2, -0.15) is 0 Å². The molecule has 0 aliphatic carbocycles. The Bertz CT molecular complexity index is 580. The highest BCUT2D eigenvalue weighted by Gasteiger charge is 2.20. The molecule has 1 rings (SSSR count). The number of hydrogen-bond acceptors (Lipinski definition) is 3. The second kappa shape index (κ2) is 8.03. The molecule has 0 amide bonds. The van der Waals surface area contributed by atoms with Crippen LogP contribution in [0, 0.1) is 6.92 Å². The van der Waals surface area contributed by atoms with Crippen molar-refractivity contribution in [3.8, 4) is 0 Å². The lowest BCUT2D eigenvalue weighted by molar-refractivity contribution is 0.153. The summed E-state index contributed by atoms with van der Waals surface area (Å²) < 4.78 is 50.4. The predicted molar refractivity (Wildman–Crippen MR) is 79.4 cm³/mol. The number of hydrogen-bond donors (Lipinski definition) is 2. The van der Waals surface area contributed by atoms with Crippen LogP contribution in [-0.2, 0) is 16.6 Å². The standard InChI is InChI=1S/C13H19ClF2N2O2S/c1-3-4-17-7-10-5-11(14)6-12(9(10)2)21(19,20)18-8-13(15)16/h5-6,13,17-18H,3-4,7-8H2,1-2H3. The van der Waals surface area contributed by atoms with Gasteiger partial charge in [0.25, 0.3) is 6.43 Å². The van der Waals surface area contributed by atoms with Gasteiger partial charge in [0, 0.05) is 11.6 Å². The highest BCUT2D eigenvalue weighted by atomic mass is 35.5. The van der Waals surface area contributed by atoms with Gasteiger partial charge in [-0.1, -0.05) is 18.5 Å². The third-order valence-electron chi connectivity index (χ3n) is 2.89. The maximum Gasteiger partial charge on any atom is 0.251 e. The Morgan fingerprint density at radius 1 is 1.33 bits per heavy atom. The Hall–Kier alpha value is -0.760. The molecule has 2 N–H and O–H groups in total. The minimum absolute atomic E-state index is 0.0658. The van der Waals surface area contributed by atoms with Gasteiger partial charge in [-0.3, -0.25) is 0 Å². The average Bonchev–Trinajstić information content (AvgIpc) is 2.40. The molecule has 1 aromatic rings. The summed E-state index contributed by atoms with van der Waals surface area (Å²) in [6, 6.07) is 2.94. The van der Waals surface area contributed by atoms with E-state index in [1.807, 2.05) is 11.6 Å². The fourth-order valence-corrected chi connectivity index (χ4v) is 3.44. The van der Waals surface area contributed by atoms with Crippen LogP contribution in [0.25, 0.3) is 0 Å². The average molecular weight is 341 g/mol. The Morgan fingerprint density at radius 2 is 2.00 bits per heavy atom. The van der Waals surface area contributed by atoms with Crippen LogP contribution in [-0.4, -0.2) is 27.9 Å². The van der Waals surface area contributed by atoms with E-state index in [1.165, 1.54) is 6.07 Å². The van der Waals surface area contributed by atoms with Crippen LogP contribution in [0.2, 0.25) is 5.02 Å². The minimum atomic E-state index is -4.00. The smallest absolute Gasteiger partial charge is 0.251 e. The molecule has 0 aliphatic heterocycles. The van der Waals surface area contributed by atoms with Gasteiger partial charge in [0.15, 0.2) is 0 Å². The summed E-state index contributed by atoms with van der Waals surface area (Å²) in [4.78, 5) is -0.0658. The summed E-state index contributed by atoms with van der Waals surface area (Å²) in [6.45, 7) is 3.99. The zero-order valence-electron chi connectivity index (χ0n) is 11.9. The van der Waals surface area contributed by atoms with Crippen molar-refractivity contribution in [2.75, 3.05) is 13.1 Å². The van der Waals surface area contributed by atoms with Crippen molar-refractivity contribution in [1.29, 1.82) is 0 Å². The Kier molecular flexibility index (Phi) is 6.99. The van der Waals surface area contributed by atoms with Crippen LogP contribution in [0.3, 0.4) is 0 Å². The molecule has 1 aromatic carbocycles. The predicted octanol–water partition coefficient (Wildman–Crippen LogP) is 2.69. The maximum absolute atomic E-state index is 12.2. The van der Waals surface area contributed by atoms with Crippen molar-refractivity contribution in [3.05, 3.63) is 28.3 Å². The molecule has 120 valence electrons. The van der Waals surface area contributed by atoms with Crippen LogP contribution in [0.15, 0.2) is 17.0 Å². The summed E-state index contributed by atoms with van der Waals surface area (Å²) in [6.07, 6.45) is -1.80. The summed E-state index contributed by atoms with van der Waals surface area (Å²) in [7, 11) is -4.00. The molecule has 0 saturated heterocycles. The third kappa shape index (κ3) is 5.50. The van der Waals surface area contributed by atoms with Crippen molar-refractivity contribution in [3.63, 3.8) is 0 Å². The zero-order chi connectivity index (χ0) is 16.0. The molecule has 21 heavy (non-hydrogen) atoms. The zero-order valence-corrected chi connectivity index (χ0v) is 13.5. The topological polar surface area (TPSA) is 58.2 Å². The fourth-order valence-electron chi connectivity index (χ4n) is 1.82. The van der Waals surface area contributed by atoms with E-state index in [2.05, 4.69) is 5.32 Å². The van der Waals surface area contributed by atoms with Crippen LogP contribution in [0.1, 0.15) is 24.5 Å². The lowest BCUT2D eigenvalue weighted by Crippen LogP contribution is -2.29. The molecular formula is C13H19ClF2N2O2S. The summed E-state index contributed by atoms with van der Waals surface area (Å²) >= 11 is 5.94. The monoisotopic (exact) mass is 340 g/mol. The summed E-state index contributed by atoms with van der Waals surface area (Å²) in [5.41, 5.74) is 1.23. The largest absolute Gasteiger partial charge is 0.313 e. The number of halogens is 3. The summed E-state index contributed by atoms with van der Waals surface area (Å²) in [5, 5.41) is 3.41. The van der Waals surface area contributed by atoms with E-state index in [0.29, 0.717) is 12.1 Å². The normalized spacial score (nSPS) is 12.1. The van der Waals surface area contributed by atoms with Crippen molar-refractivity contribution in [2.45, 2.75) is 38.1 Å². The molecule has 0 aliphatic rings. The van der Waals surface area contributed by atoms with E-state index in [-0.39, 0.29) is 9.92 Å². The molecular weight excluding hydrogens is 322 g/mol. The summed E-state index contributed by atoms with van der Waals surface area (Å²) in [5.74, 6) is 0. The van der Waals surface area contributed by atoms with Crippen molar-refractivity contribution >= 4 is 21.6 Å². The molecule has 0 bridgehead atoms. The first-order valence-electron chi connectivity index (χ1n) is 6.55. The molecule has 0 unspecified atom stereocenters. The first-order valence-corrected chi connectivity index (χ1v) is 8.41. The van der Waals surface area contributed by atoms with Gasteiger partial charge in [0.2, 0.25) is 10.0 Å². The molecule has 0 atom stereocenters. The molecule has 4 nitrogen and oxygen atoms in total. The van der Waals surface area contributed by atoms with Crippen LogP contribution < -0.4 is 10.0 Å². The number of nitrogens with one attached hydrogen (secondary N) is 2. The van der Waals surface area contributed by atoms with E-state index < -0.39 is 23.0 Å². The van der Waals surface area contributed by atoms with Crippen LogP contribution in [0.5, 0.6) is 0 Å².